The number of thiocarbonyl (C=S) groups is 1. The highest BCUT2D eigenvalue weighted by atomic mass is 35.5. The van der Waals surface area contributed by atoms with E-state index in [1.165, 1.54) is 53.9 Å². The molecule has 8 rings (SSSR count). The summed E-state index contributed by atoms with van der Waals surface area (Å²) in [5.74, 6) is 1.95. The van der Waals surface area contributed by atoms with Gasteiger partial charge in [-0.25, -0.2) is 0 Å². The number of halogens is 1. The van der Waals surface area contributed by atoms with Crippen LogP contribution in [0.4, 0.5) is 5.69 Å². The van der Waals surface area contributed by atoms with Gasteiger partial charge in [-0.2, -0.15) is 0 Å². The number of carbonyl (C=O) groups is 2. The van der Waals surface area contributed by atoms with Crippen molar-refractivity contribution in [3.63, 3.8) is 0 Å². The molecule has 5 fully saturated rings. The Balaban J connectivity index is 1.21. The number of anilines is 1. The predicted octanol–water partition coefficient (Wildman–Crippen LogP) is 7.78. The average Bonchev–Trinajstić information content (AvgIpc) is 3.24. The van der Waals surface area contributed by atoms with Gasteiger partial charge in [0.2, 0.25) is 0 Å². The van der Waals surface area contributed by atoms with Gasteiger partial charge < -0.3 is 4.57 Å². The monoisotopic (exact) mass is 597 g/mol. The number of aromatic nitrogens is 1. The van der Waals surface area contributed by atoms with Crippen molar-refractivity contribution in [1.29, 1.82) is 0 Å². The molecule has 5 aliphatic rings. The zero-order valence-corrected chi connectivity index (χ0v) is 26.0. The summed E-state index contributed by atoms with van der Waals surface area (Å²) in [6, 6.07) is 18.2. The summed E-state index contributed by atoms with van der Waals surface area (Å²) in [5, 5.41) is 0.739. The van der Waals surface area contributed by atoms with Crippen molar-refractivity contribution >= 4 is 52.5 Å². The molecule has 1 aromatic heterocycles. The van der Waals surface area contributed by atoms with Crippen LogP contribution in [0.15, 0.2) is 60.2 Å². The molecule has 2 heterocycles. The van der Waals surface area contributed by atoms with Crippen LogP contribution in [0.5, 0.6) is 0 Å². The van der Waals surface area contributed by atoms with E-state index in [-0.39, 0.29) is 16.6 Å². The Morgan fingerprint density at radius 2 is 1.45 bits per heavy atom. The van der Waals surface area contributed by atoms with E-state index < -0.39 is 5.91 Å². The van der Waals surface area contributed by atoms with Crippen molar-refractivity contribution in [2.75, 3.05) is 11.4 Å². The maximum absolute atomic E-state index is 13.8. The summed E-state index contributed by atoms with van der Waals surface area (Å²) in [6.07, 6.45) is 10.1. The molecule has 4 aliphatic carbocycles. The van der Waals surface area contributed by atoms with Gasteiger partial charge in [-0.15, -0.1) is 0 Å². The van der Waals surface area contributed by atoms with Gasteiger partial charge in [-0.1, -0.05) is 23.7 Å². The van der Waals surface area contributed by atoms with Crippen molar-refractivity contribution in [2.45, 2.75) is 64.7 Å². The second-order valence-electron chi connectivity index (χ2n) is 12.9. The molecule has 0 spiro atoms. The van der Waals surface area contributed by atoms with E-state index in [0.29, 0.717) is 22.7 Å². The van der Waals surface area contributed by atoms with Crippen LogP contribution in [0.2, 0.25) is 5.02 Å². The quantitative estimate of drug-likeness (QED) is 0.171. The van der Waals surface area contributed by atoms with Crippen LogP contribution in [0.1, 0.15) is 68.0 Å². The fraction of sp³-hybridized carbons (Fsp3) is 0.400. The minimum Gasteiger partial charge on any atom is -0.318 e. The maximum Gasteiger partial charge on any atom is 0.270 e. The van der Waals surface area contributed by atoms with Crippen LogP contribution in [0.3, 0.4) is 0 Å². The zero-order valence-electron chi connectivity index (χ0n) is 24.4. The van der Waals surface area contributed by atoms with Crippen molar-refractivity contribution in [3.8, 4) is 5.69 Å². The first-order chi connectivity index (χ1) is 20.2. The van der Waals surface area contributed by atoms with E-state index in [1.807, 2.05) is 19.9 Å². The Labute approximate surface area is 258 Å². The second kappa shape index (κ2) is 10.2. The van der Waals surface area contributed by atoms with Crippen molar-refractivity contribution in [1.82, 2.24) is 9.47 Å². The van der Waals surface area contributed by atoms with E-state index in [1.54, 1.807) is 30.3 Å². The van der Waals surface area contributed by atoms with Gasteiger partial charge in [0, 0.05) is 28.6 Å². The van der Waals surface area contributed by atoms with E-state index in [2.05, 4.69) is 35.8 Å². The van der Waals surface area contributed by atoms with Gasteiger partial charge >= 0.3 is 0 Å². The minimum absolute atomic E-state index is 0.0952. The number of hydrogen-bond acceptors (Lipinski definition) is 3. The van der Waals surface area contributed by atoms with Gasteiger partial charge in [-0.3, -0.25) is 19.4 Å². The number of carbonyl (C=O) groups excluding carboxylic acids is 2. The first-order valence-electron chi connectivity index (χ1n) is 15.1. The molecule has 216 valence electrons. The van der Waals surface area contributed by atoms with Gasteiger partial charge in [0.15, 0.2) is 5.11 Å². The molecule has 2 amide bonds. The third-order valence-electron chi connectivity index (χ3n) is 10.3. The number of rotatable bonds is 5. The van der Waals surface area contributed by atoms with Crippen LogP contribution in [0.25, 0.3) is 11.8 Å². The van der Waals surface area contributed by atoms with E-state index >= 15 is 0 Å². The summed E-state index contributed by atoms with van der Waals surface area (Å²) in [5.41, 5.74) is 6.53. The molecule has 4 saturated carbocycles. The van der Waals surface area contributed by atoms with Crippen molar-refractivity contribution < 1.29 is 9.59 Å². The van der Waals surface area contributed by atoms with E-state index in [4.69, 9.17) is 23.8 Å². The van der Waals surface area contributed by atoms with Crippen LogP contribution in [0, 0.1) is 31.6 Å². The topological polar surface area (TPSA) is 45.6 Å². The van der Waals surface area contributed by atoms with Gasteiger partial charge in [-0.05, 0) is 154 Å². The summed E-state index contributed by atoms with van der Waals surface area (Å²) >= 11 is 11.7. The lowest BCUT2D eigenvalue weighted by Gasteiger charge is -2.57. The highest BCUT2D eigenvalue weighted by molar-refractivity contribution is 7.80. The van der Waals surface area contributed by atoms with Crippen LogP contribution >= 0.6 is 23.8 Å². The fourth-order valence-electron chi connectivity index (χ4n) is 8.79. The molecule has 0 radical (unpaired) electrons. The summed E-state index contributed by atoms with van der Waals surface area (Å²) in [7, 11) is 0. The van der Waals surface area contributed by atoms with Crippen LogP contribution in [-0.2, 0) is 15.0 Å². The van der Waals surface area contributed by atoms with E-state index in [9.17, 15) is 9.59 Å². The summed E-state index contributed by atoms with van der Waals surface area (Å²) < 4.78 is 2.22. The molecule has 3 aromatic rings. The lowest BCUT2D eigenvalue weighted by Crippen LogP contribution is -2.56. The maximum atomic E-state index is 13.8. The average molecular weight is 598 g/mol. The molecule has 0 N–H and O–H groups in total. The molecule has 1 aliphatic heterocycles. The molecule has 2 aromatic carbocycles. The Morgan fingerprint density at radius 1 is 0.881 bits per heavy atom. The third-order valence-corrected chi connectivity index (χ3v) is 10.9. The molecule has 42 heavy (non-hydrogen) atoms. The molecule has 5 nitrogen and oxygen atoms in total. The highest BCUT2D eigenvalue weighted by Crippen LogP contribution is 2.60. The Morgan fingerprint density at radius 3 is 2.02 bits per heavy atom. The standard InChI is InChI=1S/C35H36ClN3O2S/c1-4-37-32(40)31(33(41)39(34(37)42)30-11-7-28(36)8-12-30)17-26-13-21(2)38(22(26)3)29-9-5-27(6-10-29)35-18-23-14-24(19-35)16-25(15-23)20-35/h5-13,17,23-25H,4,14-16,18-20H2,1-3H3/b31-17+. The van der Waals surface area contributed by atoms with Crippen molar-refractivity contribution in [2.24, 2.45) is 17.8 Å². The number of likely N-dealkylation sites (N-methyl/N-ethyl adjacent to an activating group) is 1. The smallest absolute Gasteiger partial charge is 0.270 e. The van der Waals surface area contributed by atoms with Gasteiger partial charge in [0.25, 0.3) is 11.8 Å². The summed E-state index contributed by atoms with van der Waals surface area (Å²) in [6.45, 7) is 6.33. The fourth-order valence-corrected chi connectivity index (χ4v) is 9.31. The second-order valence-corrected chi connectivity index (χ2v) is 13.7. The van der Waals surface area contributed by atoms with Crippen molar-refractivity contribution in [3.05, 3.63) is 87.7 Å². The largest absolute Gasteiger partial charge is 0.318 e. The SMILES string of the molecule is CCN1C(=O)/C(=C\c2cc(C)n(-c3ccc(C45CC6CC(CC(C6)C4)C5)cc3)c2C)C(=O)N(c2ccc(Cl)cc2)C1=S. The molecule has 0 unspecified atom stereocenters. The molecule has 0 atom stereocenters. The molecular weight excluding hydrogens is 562 g/mol. The number of hydrogen-bond donors (Lipinski definition) is 0. The minimum atomic E-state index is -0.429. The van der Waals surface area contributed by atoms with Gasteiger partial charge in [0.05, 0.1) is 5.69 Å². The van der Waals surface area contributed by atoms with Gasteiger partial charge in [0.1, 0.15) is 5.57 Å². The zero-order chi connectivity index (χ0) is 29.3. The van der Waals surface area contributed by atoms with Crippen LogP contribution < -0.4 is 4.90 Å². The Bertz CT molecular complexity index is 1600. The Kier molecular flexibility index (Phi) is 6.70. The number of nitrogens with zero attached hydrogens (tertiary/aromatic N) is 3. The number of benzene rings is 2. The first kappa shape index (κ1) is 27.6. The van der Waals surface area contributed by atoms with E-state index in [0.717, 1.165) is 40.4 Å². The number of aryl methyl sites for hydroxylation is 1. The molecular formula is C35H36ClN3O2S. The first-order valence-corrected chi connectivity index (χ1v) is 15.9. The lowest BCUT2D eigenvalue weighted by atomic mass is 9.48. The lowest BCUT2D eigenvalue weighted by molar-refractivity contribution is -0.127. The molecule has 4 bridgehead atoms. The summed E-state index contributed by atoms with van der Waals surface area (Å²) in [4.78, 5) is 30.1. The third kappa shape index (κ3) is 4.37. The van der Waals surface area contributed by atoms with Crippen LogP contribution in [-0.4, -0.2) is 32.9 Å². The molecule has 1 saturated heterocycles. The predicted molar refractivity (Wildman–Crippen MR) is 172 cm³/mol. The Hall–Kier alpha value is -3.22. The normalized spacial score (nSPS) is 28.0. The highest BCUT2D eigenvalue weighted by Gasteiger charge is 2.51. The number of amides is 2. The molecule has 7 heteroatoms.